The van der Waals surface area contributed by atoms with Gasteiger partial charge in [0.1, 0.15) is 11.6 Å². The number of hydrogen-bond donors (Lipinski definition) is 3. The summed E-state index contributed by atoms with van der Waals surface area (Å²) in [6, 6.07) is -0.983. The highest BCUT2D eigenvalue weighted by molar-refractivity contribution is 5.93. The van der Waals surface area contributed by atoms with Crippen molar-refractivity contribution < 1.29 is 24.6 Å². The average molecular weight is 335 g/mol. The Labute approximate surface area is 141 Å². The lowest BCUT2D eigenvalue weighted by Crippen LogP contribution is -2.48. The van der Waals surface area contributed by atoms with E-state index < -0.39 is 28.9 Å². The number of carboxylic acids is 1. The second-order valence-corrected chi connectivity index (χ2v) is 6.91. The van der Waals surface area contributed by atoms with Crippen molar-refractivity contribution >= 4 is 17.7 Å². The van der Waals surface area contributed by atoms with Crippen molar-refractivity contribution in [3.05, 3.63) is 35.5 Å². The molecule has 6 heteroatoms. The Balaban J connectivity index is 2.96. The summed E-state index contributed by atoms with van der Waals surface area (Å²) in [5.41, 5.74) is -0.851. The number of carboxylic acid groups (broad SMARTS) is 1. The lowest BCUT2D eigenvalue weighted by Gasteiger charge is -2.44. The van der Waals surface area contributed by atoms with Gasteiger partial charge in [-0.1, -0.05) is 19.9 Å². The van der Waals surface area contributed by atoms with Crippen molar-refractivity contribution in [1.82, 2.24) is 5.32 Å². The smallest absolute Gasteiger partial charge is 0.325 e. The van der Waals surface area contributed by atoms with Crippen LogP contribution in [-0.2, 0) is 14.4 Å². The van der Waals surface area contributed by atoms with Gasteiger partial charge in [-0.2, -0.15) is 0 Å². The topological polar surface area (TPSA) is 104 Å². The Morgan fingerprint density at radius 1 is 1.38 bits per heavy atom. The van der Waals surface area contributed by atoms with E-state index in [0.29, 0.717) is 11.1 Å². The van der Waals surface area contributed by atoms with Crippen molar-refractivity contribution in [2.24, 2.45) is 5.41 Å². The van der Waals surface area contributed by atoms with Crippen molar-refractivity contribution in [1.29, 1.82) is 0 Å². The first-order chi connectivity index (χ1) is 10.9. The molecule has 0 aromatic heterocycles. The van der Waals surface area contributed by atoms with Crippen molar-refractivity contribution in [3.63, 3.8) is 0 Å². The van der Waals surface area contributed by atoms with E-state index in [2.05, 4.69) is 5.32 Å². The first kappa shape index (κ1) is 19.8. The largest absolute Gasteiger partial charge is 0.480 e. The van der Waals surface area contributed by atoms with Gasteiger partial charge in [-0.3, -0.25) is 14.4 Å². The Morgan fingerprint density at radius 3 is 2.46 bits per heavy atom. The fraction of sp³-hybridized carbons (Fsp3) is 0.500. The molecule has 2 atom stereocenters. The summed E-state index contributed by atoms with van der Waals surface area (Å²) in [4.78, 5) is 34.1. The molecule has 0 aromatic carbocycles. The number of nitrogens with one attached hydrogen (secondary N) is 1. The van der Waals surface area contributed by atoms with Crippen LogP contribution in [-0.4, -0.2) is 39.5 Å². The molecule has 0 aromatic rings. The molecule has 24 heavy (non-hydrogen) atoms. The maximum atomic E-state index is 11.7. The molecule has 1 rings (SSSR count). The number of aliphatic carboxylic acids is 1. The number of carbonyl (C=O) groups excluding carboxylic acids is 2. The van der Waals surface area contributed by atoms with Gasteiger partial charge in [-0.05, 0) is 44.1 Å². The molecular weight excluding hydrogens is 310 g/mol. The van der Waals surface area contributed by atoms with Crippen LogP contribution in [0.5, 0.6) is 0 Å². The molecule has 1 aliphatic rings. The first-order valence-electron chi connectivity index (χ1n) is 7.74. The highest BCUT2D eigenvalue weighted by Gasteiger charge is 2.46. The van der Waals surface area contributed by atoms with E-state index >= 15 is 0 Å². The first-order valence-corrected chi connectivity index (χ1v) is 7.74. The molecule has 0 heterocycles. The molecule has 1 amide bonds. The van der Waals surface area contributed by atoms with E-state index in [9.17, 15) is 19.5 Å². The molecule has 0 saturated heterocycles. The summed E-state index contributed by atoms with van der Waals surface area (Å²) in [6.07, 6.45) is 6.10. The van der Waals surface area contributed by atoms with Gasteiger partial charge in [0.25, 0.3) is 0 Å². The van der Waals surface area contributed by atoms with Crippen LogP contribution in [0.1, 0.15) is 41.0 Å². The second-order valence-electron chi connectivity index (χ2n) is 6.91. The molecule has 0 radical (unpaired) electrons. The fourth-order valence-electron chi connectivity index (χ4n) is 2.69. The summed E-state index contributed by atoms with van der Waals surface area (Å²) >= 11 is 0. The number of rotatable bonds is 5. The lowest BCUT2D eigenvalue weighted by molar-refractivity contribution is -0.140. The van der Waals surface area contributed by atoms with Crippen LogP contribution in [0.25, 0.3) is 0 Å². The third-order valence-corrected chi connectivity index (χ3v) is 4.30. The van der Waals surface area contributed by atoms with Gasteiger partial charge in [0.15, 0.2) is 5.78 Å². The third kappa shape index (κ3) is 4.41. The molecule has 3 N–H and O–H groups in total. The summed E-state index contributed by atoms with van der Waals surface area (Å²) in [5, 5.41) is 22.1. The number of aliphatic hydroxyl groups is 1. The number of amides is 1. The van der Waals surface area contributed by atoms with Crippen LogP contribution in [0.4, 0.5) is 0 Å². The van der Waals surface area contributed by atoms with Crippen molar-refractivity contribution in [2.45, 2.75) is 52.7 Å². The fourth-order valence-corrected chi connectivity index (χ4v) is 2.69. The second kappa shape index (κ2) is 7.13. The minimum atomic E-state index is -1.29. The Kier molecular flexibility index (Phi) is 5.89. The van der Waals surface area contributed by atoms with E-state index in [-0.39, 0.29) is 12.2 Å². The minimum Gasteiger partial charge on any atom is -0.480 e. The van der Waals surface area contributed by atoms with Crippen LogP contribution in [0.2, 0.25) is 0 Å². The quantitative estimate of drug-likeness (QED) is 0.524. The van der Waals surface area contributed by atoms with Gasteiger partial charge in [-0.25, -0.2) is 0 Å². The molecule has 0 fully saturated rings. The van der Waals surface area contributed by atoms with Crippen molar-refractivity contribution in [3.8, 4) is 0 Å². The summed E-state index contributed by atoms with van der Waals surface area (Å²) < 4.78 is 0. The van der Waals surface area contributed by atoms with E-state index in [1.54, 1.807) is 26.0 Å². The summed E-state index contributed by atoms with van der Waals surface area (Å²) in [7, 11) is 0. The van der Waals surface area contributed by atoms with E-state index in [1.165, 1.54) is 19.1 Å². The predicted molar refractivity (Wildman–Crippen MR) is 90.2 cm³/mol. The SMILES string of the molecule is CC1=CC(=O)CC(C)(C)[C@@]1(O)/C=C/C(C)=C\C(=O)N[C@@H](C)C(=O)O. The lowest BCUT2D eigenvalue weighted by atomic mass is 9.64. The molecule has 0 unspecified atom stereocenters. The van der Waals surface area contributed by atoms with Crippen LogP contribution in [0.15, 0.2) is 35.5 Å². The Morgan fingerprint density at radius 2 is 1.96 bits per heavy atom. The molecule has 132 valence electrons. The zero-order valence-corrected chi connectivity index (χ0v) is 14.7. The predicted octanol–water partition coefficient (Wildman–Crippen LogP) is 1.75. The highest BCUT2D eigenvalue weighted by Crippen LogP contribution is 2.44. The Hall–Kier alpha value is -2.21. The molecule has 0 aliphatic heterocycles. The molecule has 0 spiro atoms. The molecule has 0 saturated carbocycles. The monoisotopic (exact) mass is 335 g/mol. The third-order valence-electron chi connectivity index (χ3n) is 4.30. The molecule has 6 nitrogen and oxygen atoms in total. The van der Waals surface area contributed by atoms with E-state index in [4.69, 9.17) is 5.11 Å². The van der Waals surface area contributed by atoms with E-state index in [0.717, 1.165) is 0 Å². The minimum absolute atomic E-state index is 0.0233. The summed E-state index contributed by atoms with van der Waals surface area (Å²) in [6.45, 7) is 8.37. The molecular formula is C18H25NO5. The highest BCUT2D eigenvalue weighted by atomic mass is 16.4. The normalized spacial score (nSPS) is 25.3. The zero-order chi connectivity index (χ0) is 18.7. The van der Waals surface area contributed by atoms with Crippen LogP contribution < -0.4 is 5.32 Å². The molecule has 1 aliphatic carbocycles. The standard InChI is InChI=1S/C18H25NO5/c1-11(8-15(21)19-13(3)16(22)23)6-7-18(24)12(2)9-14(20)10-17(18,4)5/h6-9,13,24H,10H2,1-5H3,(H,19,21)(H,22,23)/b7-6+,11-8-/t13-,18+/m0/s1. The number of ketones is 1. The zero-order valence-electron chi connectivity index (χ0n) is 14.7. The van der Waals surface area contributed by atoms with Crippen molar-refractivity contribution in [2.75, 3.05) is 0 Å². The van der Waals surface area contributed by atoms with Gasteiger partial charge in [0.2, 0.25) is 5.91 Å². The number of hydrogen-bond acceptors (Lipinski definition) is 4. The van der Waals surface area contributed by atoms with Crippen LogP contribution >= 0.6 is 0 Å². The van der Waals surface area contributed by atoms with E-state index in [1.807, 2.05) is 13.8 Å². The van der Waals surface area contributed by atoms with Crippen LogP contribution in [0, 0.1) is 5.41 Å². The number of allylic oxidation sites excluding steroid dienone is 3. The van der Waals surface area contributed by atoms with Gasteiger partial charge in [-0.15, -0.1) is 0 Å². The maximum absolute atomic E-state index is 11.7. The van der Waals surface area contributed by atoms with Crippen LogP contribution in [0.3, 0.4) is 0 Å². The van der Waals surface area contributed by atoms with Gasteiger partial charge < -0.3 is 15.5 Å². The van der Waals surface area contributed by atoms with Gasteiger partial charge >= 0.3 is 5.97 Å². The molecule has 0 bridgehead atoms. The summed E-state index contributed by atoms with van der Waals surface area (Å²) in [5.74, 6) is -1.66. The van der Waals surface area contributed by atoms with Gasteiger partial charge in [0, 0.05) is 17.9 Å². The number of carbonyl (C=O) groups is 3. The maximum Gasteiger partial charge on any atom is 0.325 e. The average Bonchev–Trinajstić information content (AvgIpc) is 2.41. The van der Waals surface area contributed by atoms with Gasteiger partial charge in [0.05, 0.1) is 0 Å². The Bertz CT molecular complexity index is 642.